The highest BCUT2D eigenvalue weighted by molar-refractivity contribution is 6.32. The fourth-order valence-electron chi connectivity index (χ4n) is 1.39. The van der Waals surface area contributed by atoms with E-state index >= 15 is 0 Å². The number of aliphatic hydroxyl groups is 1. The molecule has 0 fully saturated rings. The van der Waals surface area contributed by atoms with E-state index in [1.165, 1.54) is 0 Å². The standard InChI is InChI=1S/C11H15ClO3/c1-7(6-13)9-4-8(14-2)5-10(12)11(9)15-3/h4-5,7,13H,6H2,1-3H3. The zero-order valence-corrected chi connectivity index (χ0v) is 9.84. The van der Waals surface area contributed by atoms with E-state index in [1.807, 2.05) is 13.0 Å². The molecule has 0 radical (unpaired) electrons. The van der Waals surface area contributed by atoms with Crippen LogP contribution >= 0.6 is 11.6 Å². The van der Waals surface area contributed by atoms with Gasteiger partial charge in [-0.3, -0.25) is 0 Å². The minimum absolute atomic E-state index is 0.0347. The first-order chi connectivity index (χ1) is 7.13. The number of rotatable bonds is 4. The third-order valence-electron chi connectivity index (χ3n) is 2.29. The number of ether oxygens (including phenoxy) is 2. The lowest BCUT2D eigenvalue weighted by Gasteiger charge is -2.16. The molecule has 0 saturated carbocycles. The molecular formula is C11H15ClO3. The van der Waals surface area contributed by atoms with Crippen LogP contribution in [-0.4, -0.2) is 25.9 Å². The second kappa shape index (κ2) is 5.24. The van der Waals surface area contributed by atoms with E-state index in [0.29, 0.717) is 16.5 Å². The Balaban J connectivity index is 3.25. The lowest BCUT2D eigenvalue weighted by molar-refractivity contribution is 0.269. The zero-order valence-electron chi connectivity index (χ0n) is 9.08. The minimum Gasteiger partial charge on any atom is -0.497 e. The fraction of sp³-hybridized carbons (Fsp3) is 0.455. The SMILES string of the molecule is COc1cc(Cl)c(OC)c(C(C)CO)c1. The van der Waals surface area contributed by atoms with E-state index in [1.54, 1.807) is 20.3 Å². The fourth-order valence-corrected chi connectivity index (χ4v) is 1.68. The van der Waals surface area contributed by atoms with Gasteiger partial charge >= 0.3 is 0 Å². The predicted molar refractivity (Wildman–Crippen MR) is 60.1 cm³/mol. The summed E-state index contributed by atoms with van der Waals surface area (Å²) >= 11 is 6.03. The van der Waals surface area contributed by atoms with Crippen molar-refractivity contribution in [2.45, 2.75) is 12.8 Å². The Kier molecular flexibility index (Phi) is 4.24. The van der Waals surface area contributed by atoms with Crippen LogP contribution in [0.1, 0.15) is 18.4 Å². The van der Waals surface area contributed by atoms with Crippen molar-refractivity contribution in [3.8, 4) is 11.5 Å². The smallest absolute Gasteiger partial charge is 0.141 e. The van der Waals surface area contributed by atoms with E-state index in [-0.39, 0.29) is 12.5 Å². The largest absolute Gasteiger partial charge is 0.497 e. The van der Waals surface area contributed by atoms with Crippen LogP contribution in [0.25, 0.3) is 0 Å². The lowest BCUT2D eigenvalue weighted by Crippen LogP contribution is -2.03. The first-order valence-corrected chi connectivity index (χ1v) is 5.04. The Morgan fingerprint density at radius 1 is 1.33 bits per heavy atom. The summed E-state index contributed by atoms with van der Waals surface area (Å²) < 4.78 is 10.3. The van der Waals surface area contributed by atoms with Gasteiger partial charge in [-0.1, -0.05) is 18.5 Å². The van der Waals surface area contributed by atoms with Gasteiger partial charge < -0.3 is 14.6 Å². The minimum atomic E-state index is -0.0347. The van der Waals surface area contributed by atoms with Gasteiger partial charge in [0.25, 0.3) is 0 Å². The molecule has 1 aromatic carbocycles. The average molecular weight is 231 g/mol. The highest BCUT2D eigenvalue weighted by Crippen LogP contribution is 2.37. The van der Waals surface area contributed by atoms with Crippen LogP contribution < -0.4 is 9.47 Å². The van der Waals surface area contributed by atoms with Crippen LogP contribution in [0.2, 0.25) is 5.02 Å². The first-order valence-electron chi connectivity index (χ1n) is 4.66. The van der Waals surface area contributed by atoms with Gasteiger partial charge in [0.1, 0.15) is 11.5 Å². The van der Waals surface area contributed by atoms with E-state index in [0.717, 1.165) is 5.56 Å². The summed E-state index contributed by atoms with van der Waals surface area (Å²) in [6.45, 7) is 1.94. The molecule has 15 heavy (non-hydrogen) atoms. The second-order valence-electron chi connectivity index (χ2n) is 3.32. The third kappa shape index (κ3) is 2.55. The zero-order chi connectivity index (χ0) is 11.4. The molecule has 84 valence electrons. The van der Waals surface area contributed by atoms with Crippen LogP contribution in [-0.2, 0) is 0 Å². The number of halogens is 1. The quantitative estimate of drug-likeness (QED) is 0.864. The molecule has 0 aliphatic heterocycles. The number of hydrogen-bond donors (Lipinski definition) is 1. The first kappa shape index (κ1) is 12.1. The average Bonchev–Trinajstić information content (AvgIpc) is 2.26. The molecule has 1 atom stereocenters. The number of benzene rings is 1. The van der Waals surface area contributed by atoms with E-state index in [4.69, 9.17) is 26.2 Å². The summed E-state index contributed by atoms with van der Waals surface area (Å²) in [6, 6.07) is 3.51. The molecule has 0 aliphatic carbocycles. The summed E-state index contributed by atoms with van der Waals surface area (Å²) in [5, 5.41) is 9.62. The van der Waals surface area contributed by atoms with Crippen molar-refractivity contribution in [3.05, 3.63) is 22.7 Å². The Morgan fingerprint density at radius 3 is 2.47 bits per heavy atom. The molecule has 4 heteroatoms. The summed E-state index contributed by atoms with van der Waals surface area (Å²) in [5.74, 6) is 1.22. The molecule has 1 rings (SSSR count). The Labute approximate surface area is 94.6 Å². The molecule has 0 aromatic heterocycles. The van der Waals surface area contributed by atoms with Crippen molar-refractivity contribution < 1.29 is 14.6 Å². The Morgan fingerprint density at radius 2 is 2.00 bits per heavy atom. The maximum absolute atomic E-state index is 9.12. The van der Waals surface area contributed by atoms with Gasteiger partial charge in [-0.2, -0.15) is 0 Å². The molecule has 1 N–H and O–H groups in total. The Hall–Kier alpha value is -0.930. The normalized spacial score (nSPS) is 12.3. The summed E-state index contributed by atoms with van der Waals surface area (Å²) in [7, 11) is 3.13. The van der Waals surface area contributed by atoms with Crippen molar-refractivity contribution in [1.29, 1.82) is 0 Å². The number of hydrogen-bond acceptors (Lipinski definition) is 3. The monoisotopic (exact) mass is 230 g/mol. The molecule has 0 aliphatic rings. The molecule has 1 unspecified atom stereocenters. The predicted octanol–water partition coefficient (Wildman–Crippen LogP) is 2.45. The van der Waals surface area contributed by atoms with Gasteiger partial charge in [-0.05, 0) is 6.07 Å². The van der Waals surface area contributed by atoms with Crippen LogP contribution in [0.15, 0.2) is 12.1 Å². The van der Waals surface area contributed by atoms with Crippen LogP contribution in [0.3, 0.4) is 0 Å². The summed E-state index contributed by atoms with van der Waals surface area (Å²) in [6.07, 6.45) is 0. The second-order valence-corrected chi connectivity index (χ2v) is 3.72. The molecule has 0 bridgehead atoms. The van der Waals surface area contributed by atoms with Gasteiger partial charge in [0.05, 0.1) is 19.2 Å². The van der Waals surface area contributed by atoms with Gasteiger partial charge in [0, 0.05) is 24.2 Å². The van der Waals surface area contributed by atoms with Gasteiger partial charge in [-0.15, -0.1) is 0 Å². The third-order valence-corrected chi connectivity index (χ3v) is 2.57. The summed E-state index contributed by atoms with van der Waals surface area (Å²) in [4.78, 5) is 0. The van der Waals surface area contributed by atoms with Crippen LogP contribution in [0, 0.1) is 0 Å². The molecule has 0 amide bonds. The number of aliphatic hydroxyl groups excluding tert-OH is 1. The van der Waals surface area contributed by atoms with Gasteiger partial charge in [0.2, 0.25) is 0 Å². The molecule has 0 spiro atoms. The van der Waals surface area contributed by atoms with E-state index < -0.39 is 0 Å². The van der Waals surface area contributed by atoms with E-state index in [2.05, 4.69) is 0 Å². The van der Waals surface area contributed by atoms with Crippen LogP contribution in [0.4, 0.5) is 0 Å². The lowest BCUT2D eigenvalue weighted by atomic mass is 10.0. The maximum atomic E-state index is 9.12. The van der Waals surface area contributed by atoms with Crippen LogP contribution in [0.5, 0.6) is 11.5 Å². The highest BCUT2D eigenvalue weighted by Gasteiger charge is 2.15. The molecule has 3 nitrogen and oxygen atoms in total. The highest BCUT2D eigenvalue weighted by atomic mass is 35.5. The molecular weight excluding hydrogens is 216 g/mol. The topological polar surface area (TPSA) is 38.7 Å². The molecule has 1 aromatic rings. The Bertz CT molecular complexity index is 339. The van der Waals surface area contributed by atoms with Crippen molar-refractivity contribution >= 4 is 11.6 Å². The molecule has 0 saturated heterocycles. The van der Waals surface area contributed by atoms with Gasteiger partial charge in [0.15, 0.2) is 0 Å². The molecule has 0 heterocycles. The van der Waals surface area contributed by atoms with Gasteiger partial charge in [-0.25, -0.2) is 0 Å². The van der Waals surface area contributed by atoms with Crippen molar-refractivity contribution in [1.82, 2.24) is 0 Å². The van der Waals surface area contributed by atoms with E-state index in [9.17, 15) is 0 Å². The van der Waals surface area contributed by atoms with Crippen molar-refractivity contribution in [2.75, 3.05) is 20.8 Å². The summed E-state index contributed by atoms with van der Waals surface area (Å²) in [5.41, 5.74) is 0.851. The number of methoxy groups -OCH3 is 2. The van der Waals surface area contributed by atoms with Crippen molar-refractivity contribution in [2.24, 2.45) is 0 Å². The van der Waals surface area contributed by atoms with Crippen molar-refractivity contribution in [3.63, 3.8) is 0 Å². The maximum Gasteiger partial charge on any atom is 0.141 e.